The Morgan fingerprint density at radius 2 is 2.27 bits per heavy atom. The zero-order chi connectivity index (χ0) is 11.6. The number of anilines is 1. The van der Waals surface area contributed by atoms with Crippen LogP contribution in [0.5, 0.6) is 0 Å². The maximum Gasteiger partial charge on any atom is 0.328 e. The normalized spacial score (nSPS) is 13.1. The number of nitrogen functional groups attached to an aromatic ring is 1. The lowest BCUT2D eigenvalue weighted by molar-refractivity contribution is -0.141. The topological polar surface area (TPSA) is 81.1 Å². The van der Waals surface area contributed by atoms with Crippen molar-refractivity contribution in [1.82, 2.24) is 9.78 Å². The average molecular weight is 211 g/mol. The molecule has 1 heterocycles. The van der Waals surface area contributed by atoms with Crippen LogP contribution in [0.25, 0.3) is 0 Å². The van der Waals surface area contributed by atoms with Crippen LogP contribution in [0, 0.1) is 12.8 Å². The smallest absolute Gasteiger partial charge is 0.328 e. The third-order valence-corrected chi connectivity index (χ3v) is 2.36. The van der Waals surface area contributed by atoms with Gasteiger partial charge in [0.05, 0.1) is 17.6 Å². The Labute approximate surface area is 88.9 Å². The second kappa shape index (κ2) is 4.33. The van der Waals surface area contributed by atoms with Crippen LogP contribution in [0.15, 0.2) is 6.20 Å². The molecule has 0 aromatic carbocycles. The zero-order valence-electron chi connectivity index (χ0n) is 9.27. The van der Waals surface area contributed by atoms with E-state index in [-0.39, 0.29) is 0 Å². The van der Waals surface area contributed by atoms with Crippen LogP contribution >= 0.6 is 0 Å². The lowest BCUT2D eigenvalue weighted by Gasteiger charge is -2.16. The first kappa shape index (κ1) is 11.6. The molecule has 15 heavy (non-hydrogen) atoms. The molecule has 1 aromatic rings. The zero-order valence-corrected chi connectivity index (χ0v) is 9.27. The van der Waals surface area contributed by atoms with Gasteiger partial charge in [0.2, 0.25) is 0 Å². The summed E-state index contributed by atoms with van der Waals surface area (Å²) in [6.07, 6.45) is 2.04. The first-order valence-corrected chi connectivity index (χ1v) is 4.95. The Morgan fingerprint density at radius 3 is 2.60 bits per heavy atom. The van der Waals surface area contributed by atoms with Crippen LogP contribution < -0.4 is 5.73 Å². The molecule has 1 unspecified atom stereocenters. The Hall–Kier alpha value is -1.52. The molecule has 5 heteroatoms. The van der Waals surface area contributed by atoms with E-state index in [9.17, 15) is 4.79 Å². The molecule has 0 aliphatic rings. The molecule has 0 saturated heterocycles. The van der Waals surface area contributed by atoms with Crippen molar-refractivity contribution >= 4 is 11.7 Å². The van der Waals surface area contributed by atoms with Crippen molar-refractivity contribution in [2.45, 2.75) is 33.2 Å². The van der Waals surface area contributed by atoms with Crippen molar-refractivity contribution < 1.29 is 9.90 Å². The van der Waals surface area contributed by atoms with Gasteiger partial charge in [-0.05, 0) is 19.3 Å². The lowest BCUT2D eigenvalue weighted by atomic mass is 10.0. The highest BCUT2D eigenvalue weighted by molar-refractivity contribution is 5.72. The molecule has 0 aliphatic heterocycles. The number of aromatic nitrogens is 2. The number of hydrogen-bond acceptors (Lipinski definition) is 3. The number of carbonyl (C=O) groups is 1. The highest BCUT2D eigenvalue weighted by Crippen LogP contribution is 2.21. The molecule has 0 bridgehead atoms. The van der Waals surface area contributed by atoms with Crippen molar-refractivity contribution in [3.05, 3.63) is 11.9 Å². The summed E-state index contributed by atoms with van der Waals surface area (Å²) in [6, 6.07) is -0.623. The van der Waals surface area contributed by atoms with E-state index < -0.39 is 12.0 Å². The van der Waals surface area contributed by atoms with Crippen molar-refractivity contribution in [3.63, 3.8) is 0 Å². The first-order chi connectivity index (χ1) is 6.93. The van der Waals surface area contributed by atoms with E-state index in [4.69, 9.17) is 10.8 Å². The highest BCUT2D eigenvalue weighted by Gasteiger charge is 2.23. The summed E-state index contributed by atoms with van der Waals surface area (Å²) in [5.74, 6) is -0.564. The van der Waals surface area contributed by atoms with Crippen LogP contribution in [0.4, 0.5) is 5.69 Å². The second-order valence-electron chi connectivity index (χ2n) is 4.11. The predicted octanol–water partition coefficient (Wildman–Crippen LogP) is 1.45. The molecule has 0 saturated carbocycles. The number of carboxylic acids is 1. The van der Waals surface area contributed by atoms with Crippen molar-refractivity contribution in [1.29, 1.82) is 0 Å². The van der Waals surface area contributed by atoms with Gasteiger partial charge < -0.3 is 10.8 Å². The molecule has 1 rings (SSSR count). The minimum absolute atomic E-state index is 0.302. The second-order valence-corrected chi connectivity index (χ2v) is 4.11. The summed E-state index contributed by atoms with van der Waals surface area (Å²) in [7, 11) is 0. The summed E-state index contributed by atoms with van der Waals surface area (Å²) >= 11 is 0. The molecule has 84 valence electrons. The van der Waals surface area contributed by atoms with Crippen molar-refractivity contribution in [2.24, 2.45) is 5.92 Å². The first-order valence-electron chi connectivity index (χ1n) is 4.95. The average Bonchev–Trinajstić information content (AvgIpc) is 2.44. The fourth-order valence-electron chi connectivity index (χ4n) is 1.50. The molecule has 1 atom stereocenters. The fourth-order valence-corrected chi connectivity index (χ4v) is 1.50. The molecule has 0 amide bonds. The molecule has 0 radical (unpaired) electrons. The van der Waals surface area contributed by atoms with E-state index in [1.165, 1.54) is 10.9 Å². The van der Waals surface area contributed by atoms with Crippen LogP contribution in [-0.4, -0.2) is 20.9 Å². The van der Waals surface area contributed by atoms with Gasteiger partial charge in [0.15, 0.2) is 0 Å². The predicted molar refractivity (Wildman–Crippen MR) is 57.5 cm³/mol. The minimum atomic E-state index is -0.866. The van der Waals surface area contributed by atoms with Crippen molar-refractivity contribution in [3.8, 4) is 0 Å². The third kappa shape index (κ3) is 2.49. The Morgan fingerprint density at radius 1 is 1.67 bits per heavy atom. The third-order valence-electron chi connectivity index (χ3n) is 2.36. The van der Waals surface area contributed by atoms with Gasteiger partial charge in [-0.1, -0.05) is 13.8 Å². The number of nitrogens with zero attached hydrogens (tertiary/aromatic N) is 2. The summed E-state index contributed by atoms with van der Waals surface area (Å²) < 4.78 is 1.48. The van der Waals surface area contributed by atoms with E-state index >= 15 is 0 Å². The molecular weight excluding hydrogens is 194 g/mol. The van der Waals surface area contributed by atoms with E-state index in [1.807, 2.05) is 13.8 Å². The van der Waals surface area contributed by atoms with Gasteiger partial charge in [-0.25, -0.2) is 4.79 Å². The number of hydrogen-bond donors (Lipinski definition) is 2. The van der Waals surface area contributed by atoms with Crippen LogP contribution in [0.1, 0.15) is 32.0 Å². The fraction of sp³-hybridized carbons (Fsp3) is 0.600. The van der Waals surface area contributed by atoms with Gasteiger partial charge in [-0.2, -0.15) is 5.10 Å². The SMILES string of the molecule is Cc1c(N)cnn1C(CC(C)C)C(=O)O. The van der Waals surface area contributed by atoms with E-state index in [1.54, 1.807) is 6.92 Å². The Balaban J connectivity index is 2.99. The molecule has 0 fully saturated rings. The highest BCUT2D eigenvalue weighted by atomic mass is 16.4. The molecule has 5 nitrogen and oxygen atoms in total. The van der Waals surface area contributed by atoms with Crippen LogP contribution in [0.2, 0.25) is 0 Å². The van der Waals surface area contributed by atoms with Gasteiger partial charge in [-0.3, -0.25) is 4.68 Å². The number of carboxylic acid groups (broad SMARTS) is 1. The van der Waals surface area contributed by atoms with Crippen LogP contribution in [-0.2, 0) is 4.79 Å². The molecular formula is C10H17N3O2. The van der Waals surface area contributed by atoms with E-state index in [0.29, 0.717) is 23.7 Å². The quantitative estimate of drug-likeness (QED) is 0.789. The maximum absolute atomic E-state index is 11.1. The standard InChI is InChI=1S/C10H17N3O2/c1-6(2)4-9(10(14)15)13-7(3)8(11)5-12-13/h5-6,9H,4,11H2,1-3H3,(H,14,15). The summed E-state index contributed by atoms with van der Waals surface area (Å²) in [6.45, 7) is 5.74. The Bertz CT molecular complexity index is 358. The van der Waals surface area contributed by atoms with Gasteiger partial charge in [0, 0.05) is 0 Å². The lowest BCUT2D eigenvalue weighted by Crippen LogP contribution is -2.23. The van der Waals surface area contributed by atoms with E-state index in [0.717, 1.165) is 0 Å². The monoisotopic (exact) mass is 211 g/mol. The van der Waals surface area contributed by atoms with Gasteiger partial charge in [-0.15, -0.1) is 0 Å². The largest absolute Gasteiger partial charge is 0.480 e. The van der Waals surface area contributed by atoms with Gasteiger partial charge >= 0.3 is 5.97 Å². The summed E-state index contributed by atoms with van der Waals surface area (Å²) in [4.78, 5) is 11.1. The Kier molecular flexibility index (Phi) is 3.34. The maximum atomic E-state index is 11.1. The van der Waals surface area contributed by atoms with Crippen LogP contribution in [0.3, 0.4) is 0 Å². The summed E-state index contributed by atoms with van der Waals surface area (Å²) in [5.41, 5.74) is 6.88. The number of rotatable bonds is 4. The van der Waals surface area contributed by atoms with Gasteiger partial charge in [0.25, 0.3) is 0 Å². The molecule has 0 aliphatic carbocycles. The number of aliphatic carboxylic acids is 1. The molecule has 3 N–H and O–H groups in total. The minimum Gasteiger partial charge on any atom is -0.480 e. The number of nitrogens with two attached hydrogens (primary N) is 1. The van der Waals surface area contributed by atoms with E-state index in [2.05, 4.69) is 5.10 Å². The molecule has 0 spiro atoms. The molecule has 1 aromatic heterocycles. The van der Waals surface area contributed by atoms with Crippen molar-refractivity contribution in [2.75, 3.05) is 5.73 Å². The van der Waals surface area contributed by atoms with Gasteiger partial charge in [0.1, 0.15) is 6.04 Å². The summed E-state index contributed by atoms with van der Waals surface area (Å²) in [5, 5.41) is 13.1.